The van der Waals surface area contributed by atoms with Crippen LogP contribution in [0.1, 0.15) is 15.2 Å². The second-order valence-corrected chi connectivity index (χ2v) is 3.89. The first-order chi connectivity index (χ1) is 6.68. The van der Waals surface area contributed by atoms with Gasteiger partial charge in [0.25, 0.3) is 0 Å². The molecule has 0 aliphatic carbocycles. The maximum atomic E-state index is 10.6. The summed E-state index contributed by atoms with van der Waals surface area (Å²) in [4.78, 5) is 11.7. The van der Waals surface area contributed by atoms with Crippen LogP contribution >= 0.6 is 11.3 Å². The van der Waals surface area contributed by atoms with E-state index in [1.165, 1.54) is 11.3 Å². The molecule has 1 N–H and O–H groups in total. The lowest BCUT2D eigenvalue weighted by Crippen LogP contribution is -1.89. The Morgan fingerprint density at radius 2 is 2.36 bits per heavy atom. The lowest BCUT2D eigenvalue weighted by molar-refractivity contribution is 0.0702. The highest BCUT2D eigenvalue weighted by molar-refractivity contribution is 7.17. The summed E-state index contributed by atoms with van der Waals surface area (Å²) in [6.45, 7) is 1.87. The van der Waals surface area contributed by atoms with E-state index in [-0.39, 0.29) is 0 Å². The van der Waals surface area contributed by atoms with Gasteiger partial charge in [0.15, 0.2) is 5.76 Å². The zero-order chi connectivity index (χ0) is 10.1. The molecule has 2 aromatic rings. The number of rotatable bonds is 2. The Bertz CT molecular complexity index is 472. The van der Waals surface area contributed by atoms with Crippen molar-refractivity contribution >= 4 is 17.3 Å². The van der Waals surface area contributed by atoms with E-state index in [2.05, 4.69) is 5.16 Å². The number of carbonyl (C=O) groups is 1. The largest absolute Gasteiger partial charge is 0.477 e. The molecule has 0 radical (unpaired) electrons. The summed E-state index contributed by atoms with van der Waals surface area (Å²) in [7, 11) is 0. The number of aryl methyl sites for hydroxylation is 1. The molecule has 0 spiro atoms. The van der Waals surface area contributed by atoms with Crippen molar-refractivity contribution in [2.45, 2.75) is 6.92 Å². The number of thiophene rings is 1. The van der Waals surface area contributed by atoms with Crippen molar-refractivity contribution in [3.63, 3.8) is 0 Å². The summed E-state index contributed by atoms with van der Waals surface area (Å²) in [6, 6.07) is 3.28. The van der Waals surface area contributed by atoms with Crippen LogP contribution in [0.4, 0.5) is 0 Å². The molecule has 0 saturated heterocycles. The number of hydrogen-bond donors (Lipinski definition) is 1. The van der Waals surface area contributed by atoms with Crippen LogP contribution in [0.15, 0.2) is 22.9 Å². The summed E-state index contributed by atoms with van der Waals surface area (Å²) in [6.07, 6.45) is 1.61. The standard InChI is InChI=1S/C9H7NO3S/c1-5-4-10-13-8(5)6-2-3-7(14-6)9(11)12/h2-4H,1H3,(H,11,12). The molecule has 0 amide bonds. The van der Waals surface area contributed by atoms with Crippen molar-refractivity contribution in [1.29, 1.82) is 0 Å². The van der Waals surface area contributed by atoms with Crippen LogP contribution in [0.3, 0.4) is 0 Å². The molecule has 14 heavy (non-hydrogen) atoms. The smallest absolute Gasteiger partial charge is 0.345 e. The predicted octanol–water partition coefficient (Wildman–Crippen LogP) is 2.41. The SMILES string of the molecule is Cc1cnoc1-c1ccc(C(=O)O)s1. The molecule has 4 nitrogen and oxygen atoms in total. The molecule has 5 heteroatoms. The van der Waals surface area contributed by atoms with E-state index in [9.17, 15) is 4.79 Å². The average molecular weight is 209 g/mol. The van der Waals surface area contributed by atoms with Crippen molar-refractivity contribution in [2.75, 3.05) is 0 Å². The van der Waals surface area contributed by atoms with E-state index in [0.29, 0.717) is 10.6 Å². The molecule has 0 atom stereocenters. The summed E-state index contributed by atoms with van der Waals surface area (Å²) in [5.41, 5.74) is 0.906. The first-order valence-corrected chi connectivity index (χ1v) is 4.75. The third-order valence-electron chi connectivity index (χ3n) is 1.79. The molecule has 0 unspecified atom stereocenters. The van der Waals surface area contributed by atoms with E-state index < -0.39 is 5.97 Å². The molecule has 72 valence electrons. The fourth-order valence-corrected chi connectivity index (χ4v) is 1.99. The zero-order valence-electron chi connectivity index (χ0n) is 7.35. The molecule has 2 heterocycles. The van der Waals surface area contributed by atoms with Gasteiger partial charge >= 0.3 is 5.97 Å². The number of aromatic carboxylic acids is 1. The lowest BCUT2D eigenvalue weighted by Gasteiger charge is -1.89. The Balaban J connectivity index is 2.43. The Hall–Kier alpha value is -1.62. The Morgan fingerprint density at radius 1 is 1.57 bits per heavy atom. The van der Waals surface area contributed by atoms with Gasteiger partial charge in [-0.15, -0.1) is 11.3 Å². The molecule has 2 rings (SSSR count). The Labute approximate surface area is 83.8 Å². The van der Waals surface area contributed by atoms with Crippen LogP contribution in [-0.2, 0) is 0 Å². The highest BCUT2D eigenvalue weighted by Crippen LogP contribution is 2.30. The van der Waals surface area contributed by atoms with Crippen LogP contribution in [0.2, 0.25) is 0 Å². The number of carboxylic acids is 1. The quantitative estimate of drug-likeness (QED) is 0.824. The van der Waals surface area contributed by atoms with Crippen molar-refractivity contribution in [3.05, 3.63) is 28.8 Å². The maximum absolute atomic E-state index is 10.6. The second-order valence-electron chi connectivity index (χ2n) is 2.81. The maximum Gasteiger partial charge on any atom is 0.345 e. The number of aromatic nitrogens is 1. The van der Waals surface area contributed by atoms with Gasteiger partial charge in [0.1, 0.15) is 4.88 Å². The molecule has 0 bridgehead atoms. The minimum absolute atomic E-state index is 0.302. The summed E-state index contributed by atoms with van der Waals surface area (Å²) in [5, 5.41) is 12.4. The fraction of sp³-hybridized carbons (Fsp3) is 0.111. The highest BCUT2D eigenvalue weighted by atomic mass is 32.1. The average Bonchev–Trinajstić information content (AvgIpc) is 2.71. The van der Waals surface area contributed by atoms with Gasteiger partial charge in [-0.3, -0.25) is 0 Å². The predicted molar refractivity (Wildman–Crippen MR) is 51.5 cm³/mol. The monoisotopic (exact) mass is 209 g/mol. The molecule has 0 aliphatic rings. The number of carboxylic acid groups (broad SMARTS) is 1. The summed E-state index contributed by atoms with van der Waals surface area (Å²) in [5.74, 6) is -0.277. The van der Waals surface area contributed by atoms with Crippen molar-refractivity contribution < 1.29 is 14.4 Å². The van der Waals surface area contributed by atoms with Crippen molar-refractivity contribution in [1.82, 2.24) is 5.16 Å². The third kappa shape index (κ3) is 1.42. The molecule has 2 aromatic heterocycles. The highest BCUT2D eigenvalue weighted by Gasteiger charge is 2.12. The van der Waals surface area contributed by atoms with Gasteiger partial charge in [0, 0.05) is 5.56 Å². The third-order valence-corrected chi connectivity index (χ3v) is 2.86. The van der Waals surface area contributed by atoms with Crippen LogP contribution in [0.25, 0.3) is 10.6 Å². The summed E-state index contributed by atoms with van der Waals surface area (Å²) < 4.78 is 5.01. The van der Waals surface area contributed by atoms with Crippen LogP contribution < -0.4 is 0 Å². The molecular weight excluding hydrogens is 202 g/mol. The molecule has 0 aliphatic heterocycles. The van der Waals surface area contributed by atoms with Gasteiger partial charge in [-0.05, 0) is 19.1 Å². The van der Waals surface area contributed by atoms with Crippen LogP contribution in [0.5, 0.6) is 0 Å². The van der Waals surface area contributed by atoms with Crippen LogP contribution in [0, 0.1) is 6.92 Å². The van der Waals surface area contributed by atoms with E-state index in [4.69, 9.17) is 9.63 Å². The Morgan fingerprint density at radius 3 is 2.86 bits per heavy atom. The topological polar surface area (TPSA) is 63.3 Å². The Kier molecular flexibility index (Phi) is 2.09. The van der Waals surface area contributed by atoms with Crippen molar-refractivity contribution in [2.24, 2.45) is 0 Å². The van der Waals surface area contributed by atoms with Crippen molar-refractivity contribution in [3.8, 4) is 10.6 Å². The fourth-order valence-electron chi connectivity index (χ4n) is 1.10. The molecular formula is C9H7NO3S. The van der Waals surface area contributed by atoms with Gasteiger partial charge in [-0.25, -0.2) is 4.79 Å². The number of nitrogens with zero attached hydrogens (tertiary/aromatic N) is 1. The minimum atomic E-state index is -0.918. The van der Waals surface area contributed by atoms with Crippen LogP contribution in [-0.4, -0.2) is 16.2 Å². The first kappa shape index (κ1) is 8.96. The lowest BCUT2D eigenvalue weighted by atomic mass is 10.2. The van der Waals surface area contributed by atoms with E-state index in [0.717, 1.165) is 10.4 Å². The van der Waals surface area contributed by atoms with Gasteiger partial charge in [0.05, 0.1) is 11.1 Å². The normalized spacial score (nSPS) is 10.4. The molecule has 0 fully saturated rings. The van der Waals surface area contributed by atoms with Gasteiger partial charge in [-0.2, -0.15) is 0 Å². The zero-order valence-corrected chi connectivity index (χ0v) is 8.17. The second kappa shape index (κ2) is 3.26. The minimum Gasteiger partial charge on any atom is -0.477 e. The summed E-state index contributed by atoms with van der Waals surface area (Å²) >= 11 is 1.18. The van der Waals surface area contributed by atoms with E-state index >= 15 is 0 Å². The van der Waals surface area contributed by atoms with E-state index in [1.807, 2.05) is 6.92 Å². The van der Waals surface area contributed by atoms with Gasteiger partial charge in [0.2, 0.25) is 0 Å². The van der Waals surface area contributed by atoms with E-state index in [1.54, 1.807) is 18.3 Å². The van der Waals surface area contributed by atoms with Gasteiger partial charge in [-0.1, -0.05) is 5.16 Å². The molecule has 0 saturated carbocycles. The molecule has 0 aromatic carbocycles. The van der Waals surface area contributed by atoms with Gasteiger partial charge < -0.3 is 9.63 Å². The number of hydrogen-bond acceptors (Lipinski definition) is 4. The first-order valence-electron chi connectivity index (χ1n) is 3.93.